The third kappa shape index (κ3) is 5.52. The van der Waals surface area contributed by atoms with Crippen LogP contribution in [-0.2, 0) is 28.1 Å². The number of carbonyl (C=O) groups excluding carboxylic acids is 1. The molecule has 4 nitrogen and oxygen atoms in total. The predicted molar refractivity (Wildman–Crippen MR) is 146 cm³/mol. The van der Waals surface area contributed by atoms with Gasteiger partial charge in [-0.3, -0.25) is 10.1 Å². The highest BCUT2D eigenvalue weighted by Crippen LogP contribution is 2.43. The number of hydrogen-bond donors (Lipinski definition) is 1. The minimum absolute atomic E-state index is 0.0418. The number of ether oxygens (including phenoxy) is 1. The van der Waals surface area contributed by atoms with Crippen LogP contribution in [0.4, 0.5) is 0 Å². The number of carbonyl (C=O) groups is 1. The number of amides is 1. The number of piperidine rings is 1. The Morgan fingerprint density at radius 1 is 0.944 bits per heavy atom. The lowest BCUT2D eigenvalue weighted by Crippen LogP contribution is -2.52. The van der Waals surface area contributed by atoms with E-state index in [1.165, 1.54) is 11.1 Å². The van der Waals surface area contributed by atoms with Gasteiger partial charge in [-0.15, -0.1) is 0 Å². The molecule has 36 heavy (non-hydrogen) atoms. The zero-order valence-electron chi connectivity index (χ0n) is 20.1. The van der Waals surface area contributed by atoms with Crippen LogP contribution < -0.4 is 5.32 Å². The minimum atomic E-state index is -0.455. The van der Waals surface area contributed by atoms with Crippen molar-refractivity contribution in [1.29, 1.82) is 0 Å². The van der Waals surface area contributed by atoms with Crippen molar-refractivity contribution in [2.24, 2.45) is 0 Å². The maximum absolute atomic E-state index is 13.7. The van der Waals surface area contributed by atoms with E-state index in [1.807, 2.05) is 47.4 Å². The number of halogens is 2. The molecule has 1 aliphatic heterocycles. The van der Waals surface area contributed by atoms with Crippen LogP contribution in [0.15, 0.2) is 78.9 Å². The minimum Gasteiger partial charge on any atom is -0.375 e. The Labute approximate surface area is 222 Å². The Morgan fingerprint density at radius 2 is 1.69 bits per heavy atom. The van der Waals surface area contributed by atoms with Gasteiger partial charge in [0.25, 0.3) is 0 Å². The smallest absolute Gasteiger partial charge is 0.242 e. The summed E-state index contributed by atoms with van der Waals surface area (Å²) in [4.78, 5) is 15.6. The van der Waals surface area contributed by atoms with Crippen molar-refractivity contribution >= 4 is 35.2 Å². The van der Waals surface area contributed by atoms with E-state index in [9.17, 15) is 4.79 Å². The summed E-state index contributed by atoms with van der Waals surface area (Å²) >= 11 is 12.3. The molecule has 0 bridgehead atoms. The van der Waals surface area contributed by atoms with Gasteiger partial charge < -0.3 is 9.64 Å². The van der Waals surface area contributed by atoms with Crippen LogP contribution in [-0.4, -0.2) is 36.5 Å². The van der Waals surface area contributed by atoms with E-state index in [1.54, 1.807) is 6.07 Å². The highest BCUT2D eigenvalue weighted by Gasteiger charge is 2.39. The van der Waals surface area contributed by atoms with Gasteiger partial charge in [-0.05, 0) is 47.2 Å². The largest absolute Gasteiger partial charge is 0.375 e. The second kappa shape index (κ2) is 11.2. The molecule has 186 valence electrons. The highest BCUT2D eigenvalue weighted by molar-refractivity contribution is 6.42. The van der Waals surface area contributed by atoms with E-state index in [0.717, 1.165) is 37.1 Å². The molecule has 1 spiro atoms. The summed E-state index contributed by atoms with van der Waals surface area (Å²) in [7, 11) is 0. The average molecular weight is 521 g/mol. The van der Waals surface area contributed by atoms with Gasteiger partial charge in [0.15, 0.2) is 0 Å². The summed E-state index contributed by atoms with van der Waals surface area (Å²) in [6, 6.07) is 23.7. The standard InChI is InChI=1S/C30H30Cl2N2O2/c31-26-11-10-23(18-27(26)32)19-33-28(21-36-20-22-6-2-1-3-7-22)29(35)34-16-14-30(15-17-34)13-12-24-8-4-5-9-25(24)30/h1-13,18,28,33H,14-17,19-21H2. The Hall–Kier alpha value is -2.63. The number of allylic oxidation sites excluding steroid dienone is 1. The summed E-state index contributed by atoms with van der Waals surface area (Å²) < 4.78 is 6.00. The summed E-state index contributed by atoms with van der Waals surface area (Å²) in [6.07, 6.45) is 6.42. The third-order valence-electron chi connectivity index (χ3n) is 7.28. The molecule has 0 aromatic heterocycles. The molecular formula is C30H30Cl2N2O2. The maximum atomic E-state index is 13.7. The monoisotopic (exact) mass is 520 g/mol. The fraction of sp³-hybridized carbons (Fsp3) is 0.300. The van der Waals surface area contributed by atoms with Crippen molar-refractivity contribution in [1.82, 2.24) is 10.2 Å². The first-order valence-corrected chi connectivity index (χ1v) is 13.2. The fourth-order valence-corrected chi connectivity index (χ4v) is 5.52. The van der Waals surface area contributed by atoms with Crippen molar-refractivity contribution < 1.29 is 9.53 Å². The van der Waals surface area contributed by atoms with Crippen molar-refractivity contribution in [3.05, 3.63) is 111 Å². The third-order valence-corrected chi connectivity index (χ3v) is 8.02. The SMILES string of the molecule is O=C(C(COCc1ccccc1)NCc1ccc(Cl)c(Cl)c1)N1CCC2(C=Cc3ccccc32)CC1. The van der Waals surface area contributed by atoms with Crippen molar-refractivity contribution in [2.45, 2.75) is 37.5 Å². The molecule has 1 heterocycles. The summed E-state index contributed by atoms with van der Waals surface area (Å²) in [5.41, 5.74) is 4.78. The summed E-state index contributed by atoms with van der Waals surface area (Å²) in [5.74, 6) is 0.0771. The van der Waals surface area contributed by atoms with Crippen LogP contribution in [0, 0.1) is 0 Å². The van der Waals surface area contributed by atoms with Crippen LogP contribution >= 0.6 is 23.2 Å². The van der Waals surface area contributed by atoms with Gasteiger partial charge in [-0.25, -0.2) is 0 Å². The molecular weight excluding hydrogens is 491 g/mol. The number of benzene rings is 3. The van der Waals surface area contributed by atoms with E-state index in [0.29, 0.717) is 29.8 Å². The zero-order chi connectivity index (χ0) is 25.0. The van der Waals surface area contributed by atoms with Gasteiger partial charge in [-0.2, -0.15) is 0 Å². The van der Waals surface area contributed by atoms with Gasteiger partial charge in [0.2, 0.25) is 5.91 Å². The number of likely N-dealkylation sites (tertiary alicyclic amines) is 1. The molecule has 5 rings (SSSR count). The van der Waals surface area contributed by atoms with Gasteiger partial charge in [0.1, 0.15) is 6.04 Å². The van der Waals surface area contributed by atoms with E-state index in [2.05, 4.69) is 41.7 Å². The normalized spacial score (nSPS) is 16.8. The first-order valence-electron chi connectivity index (χ1n) is 12.4. The Bertz CT molecular complexity index is 1240. The lowest BCUT2D eigenvalue weighted by atomic mass is 9.74. The number of nitrogens with zero attached hydrogens (tertiary/aromatic N) is 1. The number of nitrogens with one attached hydrogen (secondary N) is 1. The molecule has 1 atom stereocenters. The molecule has 3 aromatic carbocycles. The van der Waals surface area contributed by atoms with Crippen molar-refractivity contribution in [3.8, 4) is 0 Å². The van der Waals surface area contributed by atoms with Crippen LogP contribution in [0.2, 0.25) is 10.0 Å². The second-order valence-corrected chi connectivity index (χ2v) is 10.4. The van der Waals surface area contributed by atoms with Crippen LogP contribution in [0.1, 0.15) is 35.1 Å². The molecule has 1 unspecified atom stereocenters. The van der Waals surface area contributed by atoms with Crippen molar-refractivity contribution in [3.63, 3.8) is 0 Å². The number of fused-ring (bicyclic) bond motifs is 2. The van der Waals surface area contributed by atoms with Crippen LogP contribution in [0.3, 0.4) is 0 Å². The Morgan fingerprint density at radius 3 is 2.47 bits per heavy atom. The van der Waals surface area contributed by atoms with Crippen LogP contribution in [0.5, 0.6) is 0 Å². The molecule has 0 saturated carbocycles. The topological polar surface area (TPSA) is 41.6 Å². The lowest BCUT2D eigenvalue weighted by molar-refractivity contribution is -0.136. The highest BCUT2D eigenvalue weighted by atomic mass is 35.5. The molecule has 1 amide bonds. The average Bonchev–Trinajstić information content (AvgIpc) is 3.26. The van der Waals surface area contributed by atoms with Gasteiger partial charge in [-0.1, -0.05) is 96.0 Å². The summed E-state index contributed by atoms with van der Waals surface area (Å²) in [6.45, 7) is 2.70. The van der Waals surface area contributed by atoms with Gasteiger partial charge in [0, 0.05) is 25.0 Å². The van der Waals surface area contributed by atoms with Crippen molar-refractivity contribution in [2.75, 3.05) is 19.7 Å². The molecule has 1 saturated heterocycles. The number of hydrogen-bond acceptors (Lipinski definition) is 3. The molecule has 1 fully saturated rings. The first kappa shape index (κ1) is 25.0. The fourth-order valence-electron chi connectivity index (χ4n) is 5.19. The van der Waals surface area contributed by atoms with E-state index in [4.69, 9.17) is 27.9 Å². The molecule has 0 radical (unpaired) electrons. The number of rotatable bonds is 8. The molecule has 2 aliphatic rings. The predicted octanol–water partition coefficient (Wildman–Crippen LogP) is 6.26. The maximum Gasteiger partial charge on any atom is 0.242 e. The molecule has 1 aliphatic carbocycles. The molecule has 6 heteroatoms. The quantitative estimate of drug-likeness (QED) is 0.381. The van der Waals surface area contributed by atoms with Crippen LogP contribution in [0.25, 0.3) is 6.08 Å². The summed E-state index contributed by atoms with van der Waals surface area (Å²) in [5, 5.41) is 4.43. The van der Waals surface area contributed by atoms with E-state index >= 15 is 0 Å². The second-order valence-electron chi connectivity index (χ2n) is 9.58. The van der Waals surface area contributed by atoms with Gasteiger partial charge >= 0.3 is 0 Å². The van der Waals surface area contributed by atoms with E-state index in [-0.39, 0.29) is 11.3 Å². The Kier molecular flexibility index (Phi) is 7.78. The van der Waals surface area contributed by atoms with E-state index < -0.39 is 6.04 Å². The molecule has 3 aromatic rings. The molecule has 1 N–H and O–H groups in total. The zero-order valence-corrected chi connectivity index (χ0v) is 21.6. The van der Waals surface area contributed by atoms with Gasteiger partial charge in [0.05, 0.1) is 23.3 Å². The lowest BCUT2D eigenvalue weighted by Gasteiger charge is -2.40. The first-order chi connectivity index (χ1) is 17.5. The Balaban J connectivity index is 1.24.